The molecule has 0 saturated heterocycles. The molecule has 0 unspecified atom stereocenters. The van der Waals surface area contributed by atoms with Gasteiger partial charge in [0, 0.05) is 0 Å². The van der Waals surface area contributed by atoms with Crippen molar-refractivity contribution in [2.75, 3.05) is 7.05 Å². The Bertz CT molecular complexity index is 113. The lowest BCUT2D eigenvalue weighted by atomic mass is 10.2. The van der Waals surface area contributed by atoms with Crippen LogP contribution in [0.2, 0.25) is 0 Å². The van der Waals surface area contributed by atoms with Gasteiger partial charge in [-0.05, 0) is 7.05 Å². The highest BCUT2D eigenvalue weighted by atomic mass is 16.4. The summed E-state index contributed by atoms with van der Waals surface area (Å²) in [4.78, 5) is 19.9. The second-order valence-electron chi connectivity index (χ2n) is 1.63. The zero-order valence-electron chi connectivity index (χ0n) is 5.13. The highest BCUT2D eigenvalue weighted by Crippen LogP contribution is 1.84. The van der Waals surface area contributed by atoms with Crippen LogP contribution >= 0.6 is 0 Å². The highest BCUT2D eigenvalue weighted by molar-refractivity contribution is 5.73. The molecule has 0 aromatic rings. The van der Waals surface area contributed by atoms with E-state index >= 15 is 0 Å². The molecule has 0 rings (SSSR count). The first-order valence-electron chi connectivity index (χ1n) is 2.55. The molecule has 0 bridgehead atoms. The van der Waals surface area contributed by atoms with Crippen LogP contribution in [0.1, 0.15) is 6.42 Å². The number of aldehydes is 1. The highest BCUT2D eigenvalue weighted by Gasteiger charge is 2.07. The maximum atomic E-state index is 9.95. The summed E-state index contributed by atoms with van der Waals surface area (Å²) in [6.45, 7) is 0. The Hall–Kier alpha value is -0.900. The molecule has 0 heterocycles. The zero-order valence-corrected chi connectivity index (χ0v) is 5.13. The average molecular weight is 131 g/mol. The van der Waals surface area contributed by atoms with Gasteiger partial charge in [-0.1, -0.05) is 0 Å². The number of carbonyl (C=O) groups excluding carboxylic acids is 1. The largest absolute Gasteiger partial charge is 0.481 e. The minimum atomic E-state index is -0.971. The van der Waals surface area contributed by atoms with Gasteiger partial charge in [-0.3, -0.25) is 4.79 Å². The van der Waals surface area contributed by atoms with Crippen molar-refractivity contribution >= 4 is 12.3 Å². The van der Waals surface area contributed by atoms with E-state index in [-0.39, 0.29) is 6.42 Å². The molecule has 9 heavy (non-hydrogen) atoms. The van der Waals surface area contributed by atoms with Gasteiger partial charge in [0.1, 0.15) is 6.29 Å². The fraction of sp³-hybridized carbons (Fsp3) is 0.600. The summed E-state index contributed by atoms with van der Waals surface area (Å²) in [7, 11) is 1.54. The van der Waals surface area contributed by atoms with E-state index in [1.807, 2.05) is 0 Å². The lowest BCUT2D eigenvalue weighted by Crippen LogP contribution is -2.29. The van der Waals surface area contributed by atoms with Gasteiger partial charge in [0.15, 0.2) is 0 Å². The molecule has 0 saturated carbocycles. The minimum Gasteiger partial charge on any atom is -0.481 e. The quantitative estimate of drug-likeness (QED) is 0.492. The van der Waals surface area contributed by atoms with Gasteiger partial charge < -0.3 is 15.2 Å². The molecule has 52 valence electrons. The first-order chi connectivity index (χ1) is 4.20. The Morgan fingerprint density at radius 2 is 2.44 bits per heavy atom. The number of rotatable bonds is 4. The molecular formula is C5H9NO3. The van der Waals surface area contributed by atoms with Crippen molar-refractivity contribution in [2.24, 2.45) is 0 Å². The van der Waals surface area contributed by atoms with E-state index in [2.05, 4.69) is 5.32 Å². The number of hydrogen-bond donors (Lipinski definition) is 2. The Kier molecular flexibility index (Phi) is 3.62. The number of carboxylic acids is 1. The summed E-state index contributed by atoms with van der Waals surface area (Å²) in [5.74, 6) is -0.971. The van der Waals surface area contributed by atoms with Crippen LogP contribution in [-0.2, 0) is 9.59 Å². The number of hydrogen-bond acceptors (Lipinski definition) is 3. The van der Waals surface area contributed by atoms with Crippen LogP contribution in [0.3, 0.4) is 0 Å². The van der Waals surface area contributed by atoms with E-state index in [0.29, 0.717) is 6.29 Å². The molecule has 0 aliphatic carbocycles. The number of aliphatic carboxylic acids is 1. The molecule has 0 spiro atoms. The van der Waals surface area contributed by atoms with Crippen LogP contribution in [0, 0.1) is 0 Å². The molecule has 0 aromatic carbocycles. The number of carboxylic acid groups (broad SMARTS) is 1. The molecule has 0 aliphatic rings. The maximum absolute atomic E-state index is 9.95. The molecule has 1 atom stereocenters. The van der Waals surface area contributed by atoms with Gasteiger partial charge in [-0.25, -0.2) is 0 Å². The van der Waals surface area contributed by atoms with Crippen molar-refractivity contribution in [2.45, 2.75) is 12.5 Å². The van der Waals surface area contributed by atoms with Gasteiger partial charge >= 0.3 is 5.97 Å². The summed E-state index contributed by atoms with van der Waals surface area (Å²) in [6, 6.07) is -0.553. The number of nitrogens with one attached hydrogen (secondary N) is 1. The van der Waals surface area contributed by atoms with Crippen LogP contribution in [0.15, 0.2) is 0 Å². The van der Waals surface area contributed by atoms with E-state index in [1.165, 1.54) is 0 Å². The second-order valence-corrected chi connectivity index (χ2v) is 1.63. The minimum absolute atomic E-state index is 0.153. The third-order valence-electron chi connectivity index (χ3n) is 0.930. The maximum Gasteiger partial charge on any atom is 0.305 e. The summed E-state index contributed by atoms with van der Waals surface area (Å²) >= 11 is 0. The normalized spacial score (nSPS) is 12.6. The lowest BCUT2D eigenvalue weighted by Gasteiger charge is -2.02. The van der Waals surface area contributed by atoms with Gasteiger partial charge in [-0.15, -0.1) is 0 Å². The summed E-state index contributed by atoms with van der Waals surface area (Å²) in [6.07, 6.45) is 0.425. The predicted molar refractivity (Wildman–Crippen MR) is 31.2 cm³/mol. The molecule has 0 amide bonds. The molecule has 2 N–H and O–H groups in total. The van der Waals surface area contributed by atoms with Gasteiger partial charge in [0.05, 0.1) is 12.5 Å². The molecule has 4 heteroatoms. The Balaban J connectivity index is 3.55. The smallest absolute Gasteiger partial charge is 0.305 e. The van der Waals surface area contributed by atoms with Crippen molar-refractivity contribution in [3.63, 3.8) is 0 Å². The summed E-state index contributed by atoms with van der Waals surface area (Å²) in [5, 5.41) is 10.7. The van der Waals surface area contributed by atoms with Crippen molar-refractivity contribution in [1.82, 2.24) is 5.32 Å². The van der Waals surface area contributed by atoms with Crippen molar-refractivity contribution in [1.29, 1.82) is 0 Å². The number of likely N-dealkylation sites (N-methyl/N-ethyl adjacent to an activating group) is 1. The first kappa shape index (κ1) is 8.10. The molecule has 0 fully saturated rings. The topological polar surface area (TPSA) is 66.4 Å². The summed E-state index contributed by atoms with van der Waals surface area (Å²) in [5.41, 5.74) is 0. The second kappa shape index (κ2) is 4.03. The van der Waals surface area contributed by atoms with Gasteiger partial charge in [-0.2, -0.15) is 0 Å². The van der Waals surface area contributed by atoms with Gasteiger partial charge in [0.2, 0.25) is 0 Å². The average Bonchev–Trinajstić information content (AvgIpc) is 1.82. The predicted octanol–water partition coefficient (Wildman–Crippen LogP) is -0.752. The lowest BCUT2D eigenvalue weighted by molar-refractivity contribution is -0.138. The Labute approximate surface area is 52.9 Å². The molecule has 0 aromatic heterocycles. The number of carbonyl (C=O) groups is 2. The fourth-order valence-electron chi connectivity index (χ4n) is 0.406. The van der Waals surface area contributed by atoms with Crippen LogP contribution in [0.4, 0.5) is 0 Å². The third-order valence-corrected chi connectivity index (χ3v) is 0.930. The van der Waals surface area contributed by atoms with E-state index in [1.54, 1.807) is 7.05 Å². The molecular weight excluding hydrogens is 122 g/mol. The van der Waals surface area contributed by atoms with Crippen LogP contribution < -0.4 is 5.32 Å². The third kappa shape index (κ3) is 3.66. The van der Waals surface area contributed by atoms with Crippen molar-refractivity contribution < 1.29 is 14.7 Å². The fourth-order valence-corrected chi connectivity index (χ4v) is 0.406. The van der Waals surface area contributed by atoms with Crippen molar-refractivity contribution in [3.8, 4) is 0 Å². The Morgan fingerprint density at radius 1 is 1.89 bits per heavy atom. The molecule has 4 nitrogen and oxygen atoms in total. The van der Waals surface area contributed by atoms with E-state index < -0.39 is 12.0 Å². The first-order valence-corrected chi connectivity index (χ1v) is 2.55. The SMILES string of the molecule is CN[C@H](C=O)CC(=O)O. The van der Waals surface area contributed by atoms with E-state index in [0.717, 1.165) is 0 Å². The van der Waals surface area contributed by atoms with Crippen LogP contribution in [0.5, 0.6) is 0 Å². The van der Waals surface area contributed by atoms with E-state index in [9.17, 15) is 9.59 Å². The van der Waals surface area contributed by atoms with Gasteiger partial charge in [0.25, 0.3) is 0 Å². The van der Waals surface area contributed by atoms with Crippen LogP contribution in [-0.4, -0.2) is 30.5 Å². The molecule has 0 radical (unpaired) electrons. The monoisotopic (exact) mass is 131 g/mol. The Morgan fingerprint density at radius 3 is 2.56 bits per heavy atom. The van der Waals surface area contributed by atoms with Crippen molar-refractivity contribution in [3.05, 3.63) is 0 Å². The summed E-state index contributed by atoms with van der Waals surface area (Å²) < 4.78 is 0. The molecule has 0 aliphatic heterocycles. The zero-order chi connectivity index (χ0) is 7.28. The van der Waals surface area contributed by atoms with E-state index in [4.69, 9.17) is 5.11 Å². The van der Waals surface area contributed by atoms with Crippen LogP contribution in [0.25, 0.3) is 0 Å². The standard InChI is InChI=1S/C5H9NO3/c1-6-4(3-7)2-5(8)9/h3-4,6H,2H2,1H3,(H,8,9)/t4-/m0/s1.